The second-order valence-electron chi connectivity index (χ2n) is 5.70. The standard InChI is InChI=1S/C15H18N4O3S/c1-9(7-12(20)21)18-14(22)11-3-2-5-19(11)13-10-4-6-23-15(10)17-8-16-13/h4,6,8-9,11H,2-3,5,7H2,1H3,(H,18,22)(H,20,21). The van der Waals surface area contributed by atoms with Crippen LogP contribution in [0, 0.1) is 0 Å². The SMILES string of the molecule is CC(CC(=O)O)NC(=O)C1CCCN1c1ncnc2sccc12. The van der Waals surface area contributed by atoms with Crippen LogP contribution in [0.5, 0.6) is 0 Å². The Hall–Kier alpha value is -2.22. The average molecular weight is 334 g/mol. The summed E-state index contributed by atoms with van der Waals surface area (Å²) in [6, 6.07) is 1.26. The lowest BCUT2D eigenvalue weighted by Gasteiger charge is -2.26. The molecule has 1 aliphatic heterocycles. The minimum Gasteiger partial charge on any atom is -0.481 e. The molecule has 1 fully saturated rings. The van der Waals surface area contributed by atoms with Crippen molar-refractivity contribution >= 4 is 39.2 Å². The van der Waals surface area contributed by atoms with Crippen molar-refractivity contribution in [1.29, 1.82) is 0 Å². The molecule has 1 saturated heterocycles. The zero-order valence-corrected chi connectivity index (χ0v) is 13.5. The van der Waals surface area contributed by atoms with Crippen LogP contribution in [0.3, 0.4) is 0 Å². The first-order valence-electron chi connectivity index (χ1n) is 7.53. The number of rotatable bonds is 5. The van der Waals surface area contributed by atoms with E-state index in [1.807, 2.05) is 16.3 Å². The summed E-state index contributed by atoms with van der Waals surface area (Å²) in [6.07, 6.45) is 3.08. The van der Waals surface area contributed by atoms with Gasteiger partial charge in [0, 0.05) is 12.6 Å². The van der Waals surface area contributed by atoms with Gasteiger partial charge in [-0.1, -0.05) is 0 Å². The van der Waals surface area contributed by atoms with E-state index in [-0.39, 0.29) is 18.4 Å². The summed E-state index contributed by atoms with van der Waals surface area (Å²) in [5, 5.41) is 14.5. The molecule has 2 aromatic heterocycles. The van der Waals surface area contributed by atoms with Crippen LogP contribution in [-0.2, 0) is 9.59 Å². The van der Waals surface area contributed by atoms with Crippen molar-refractivity contribution < 1.29 is 14.7 Å². The molecule has 2 unspecified atom stereocenters. The normalized spacial score (nSPS) is 19.0. The summed E-state index contributed by atoms with van der Waals surface area (Å²) in [6.45, 7) is 2.46. The Bertz CT molecular complexity index is 732. The highest BCUT2D eigenvalue weighted by Crippen LogP contribution is 2.31. The molecule has 8 heteroatoms. The number of hydrogen-bond donors (Lipinski definition) is 2. The quantitative estimate of drug-likeness (QED) is 0.863. The van der Waals surface area contributed by atoms with Crippen molar-refractivity contribution in [3.8, 4) is 0 Å². The van der Waals surface area contributed by atoms with Gasteiger partial charge < -0.3 is 15.3 Å². The number of aliphatic carboxylic acids is 1. The van der Waals surface area contributed by atoms with Crippen molar-refractivity contribution in [2.24, 2.45) is 0 Å². The van der Waals surface area contributed by atoms with Gasteiger partial charge >= 0.3 is 5.97 Å². The number of carboxylic acids is 1. The number of carbonyl (C=O) groups is 2. The van der Waals surface area contributed by atoms with Crippen molar-refractivity contribution in [2.45, 2.75) is 38.3 Å². The van der Waals surface area contributed by atoms with Crippen molar-refractivity contribution in [3.05, 3.63) is 17.8 Å². The first kappa shape index (κ1) is 15.7. The molecule has 2 N–H and O–H groups in total. The first-order valence-corrected chi connectivity index (χ1v) is 8.41. The van der Waals surface area contributed by atoms with Gasteiger partial charge in [0.15, 0.2) is 0 Å². The highest BCUT2D eigenvalue weighted by Gasteiger charge is 2.33. The molecule has 0 aromatic carbocycles. The van der Waals surface area contributed by atoms with Gasteiger partial charge in [0.25, 0.3) is 0 Å². The van der Waals surface area contributed by atoms with Crippen LogP contribution in [0.4, 0.5) is 5.82 Å². The lowest BCUT2D eigenvalue weighted by atomic mass is 10.1. The van der Waals surface area contributed by atoms with E-state index in [4.69, 9.17) is 5.11 Å². The summed E-state index contributed by atoms with van der Waals surface area (Å²) in [5.74, 6) is -0.283. The number of carboxylic acid groups (broad SMARTS) is 1. The maximum absolute atomic E-state index is 12.5. The minimum atomic E-state index is -0.920. The van der Waals surface area contributed by atoms with E-state index in [1.165, 1.54) is 6.33 Å². The van der Waals surface area contributed by atoms with Crippen LogP contribution < -0.4 is 10.2 Å². The molecule has 0 spiro atoms. The van der Waals surface area contributed by atoms with Crippen LogP contribution in [-0.4, -0.2) is 45.6 Å². The average Bonchev–Trinajstić information content (AvgIpc) is 3.14. The Labute approximate surface area is 137 Å². The Morgan fingerprint density at radius 3 is 3.13 bits per heavy atom. The van der Waals surface area contributed by atoms with Crippen LogP contribution >= 0.6 is 11.3 Å². The van der Waals surface area contributed by atoms with Crippen molar-refractivity contribution in [3.63, 3.8) is 0 Å². The highest BCUT2D eigenvalue weighted by molar-refractivity contribution is 7.16. The number of carbonyl (C=O) groups excluding carboxylic acids is 1. The second-order valence-corrected chi connectivity index (χ2v) is 6.59. The van der Waals surface area contributed by atoms with E-state index < -0.39 is 12.0 Å². The number of aromatic nitrogens is 2. The van der Waals surface area contributed by atoms with Gasteiger partial charge in [-0.2, -0.15) is 0 Å². The van der Waals surface area contributed by atoms with E-state index in [0.29, 0.717) is 0 Å². The van der Waals surface area contributed by atoms with E-state index in [9.17, 15) is 9.59 Å². The molecule has 1 aliphatic rings. The maximum Gasteiger partial charge on any atom is 0.305 e. The van der Waals surface area contributed by atoms with Crippen LogP contribution in [0.15, 0.2) is 17.8 Å². The zero-order chi connectivity index (χ0) is 16.4. The first-order chi connectivity index (χ1) is 11.1. The topological polar surface area (TPSA) is 95.4 Å². The summed E-state index contributed by atoms with van der Waals surface area (Å²) >= 11 is 1.54. The van der Waals surface area contributed by atoms with Gasteiger partial charge in [-0.25, -0.2) is 9.97 Å². The number of hydrogen-bond acceptors (Lipinski definition) is 6. The molecule has 23 heavy (non-hydrogen) atoms. The predicted octanol–water partition coefficient (Wildman–Crippen LogP) is 1.64. The molecular formula is C15H18N4O3S. The summed E-state index contributed by atoms with van der Waals surface area (Å²) in [7, 11) is 0. The summed E-state index contributed by atoms with van der Waals surface area (Å²) < 4.78 is 0. The number of nitrogens with zero attached hydrogens (tertiary/aromatic N) is 3. The van der Waals surface area contributed by atoms with Gasteiger partial charge in [-0.15, -0.1) is 11.3 Å². The fourth-order valence-electron chi connectivity index (χ4n) is 2.95. The fourth-order valence-corrected chi connectivity index (χ4v) is 3.68. The number of anilines is 1. The monoisotopic (exact) mass is 334 g/mol. The lowest BCUT2D eigenvalue weighted by Crippen LogP contribution is -2.47. The number of fused-ring (bicyclic) bond motifs is 1. The largest absolute Gasteiger partial charge is 0.481 e. The Morgan fingerprint density at radius 1 is 1.52 bits per heavy atom. The molecule has 0 radical (unpaired) electrons. The van der Waals surface area contributed by atoms with E-state index in [0.717, 1.165) is 35.4 Å². The van der Waals surface area contributed by atoms with Gasteiger partial charge in [-0.05, 0) is 31.2 Å². The molecule has 2 atom stereocenters. The smallest absolute Gasteiger partial charge is 0.305 e. The number of amides is 1. The van der Waals surface area contributed by atoms with Crippen LogP contribution in [0.25, 0.3) is 10.2 Å². The zero-order valence-electron chi connectivity index (χ0n) is 12.7. The van der Waals surface area contributed by atoms with Gasteiger partial charge in [0.05, 0.1) is 11.8 Å². The highest BCUT2D eigenvalue weighted by atomic mass is 32.1. The van der Waals surface area contributed by atoms with Crippen LogP contribution in [0.2, 0.25) is 0 Å². The molecule has 0 saturated carbocycles. The van der Waals surface area contributed by atoms with Crippen molar-refractivity contribution in [1.82, 2.24) is 15.3 Å². The molecule has 2 aromatic rings. The lowest BCUT2D eigenvalue weighted by molar-refractivity contribution is -0.137. The fraction of sp³-hybridized carbons (Fsp3) is 0.467. The third kappa shape index (κ3) is 3.26. The second kappa shape index (κ2) is 6.49. The molecule has 1 amide bonds. The maximum atomic E-state index is 12.5. The number of nitrogens with one attached hydrogen (secondary N) is 1. The third-order valence-corrected chi connectivity index (χ3v) is 4.76. The summed E-state index contributed by atoms with van der Waals surface area (Å²) in [4.78, 5) is 34.8. The van der Waals surface area contributed by atoms with Gasteiger partial charge in [-0.3, -0.25) is 9.59 Å². The molecule has 3 heterocycles. The molecular weight excluding hydrogens is 316 g/mol. The Kier molecular flexibility index (Phi) is 4.42. The van der Waals surface area contributed by atoms with Gasteiger partial charge in [0.2, 0.25) is 5.91 Å². The molecule has 7 nitrogen and oxygen atoms in total. The third-order valence-electron chi connectivity index (χ3n) is 3.94. The van der Waals surface area contributed by atoms with E-state index in [1.54, 1.807) is 18.3 Å². The Balaban J connectivity index is 1.79. The molecule has 0 aliphatic carbocycles. The molecule has 122 valence electrons. The van der Waals surface area contributed by atoms with Crippen molar-refractivity contribution in [2.75, 3.05) is 11.4 Å². The minimum absolute atomic E-state index is 0.0826. The number of thiophene rings is 1. The van der Waals surface area contributed by atoms with E-state index >= 15 is 0 Å². The summed E-state index contributed by atoms with van der Waals surface area (Å²) in [5.41, 5.74) is 0. The van der Waals surface area contributed by atoms with Crippen LogP contribution in [0.1, 0.15) is 26.2 Å². The van der Waals surface area contributed by atoms with E-state index in [2.05, 4.69) is 15.3 Å². The predicted molar refractivity (Wildman–Crippen MR) is 87.6 cm³/mol. The Morgan fingerprint density at radius 2 is 2.35 bits per heavy atom. The molecule has 0 bridgehead atoms. The van der Waals surface area contributed by atoms with Gasteiger partial charge in [0.1, 0.15) is 23.0 Å². The molecule has 3 rings (SSSR count).